The third-order valence-corrected chi connectivity index (χ3v) is 4.32. The third-order valence-electron chi connectivity index (χ3n) is 4.32. The lowest BCUT2D eigenvalue weighted by atomic mass is 9.90. The van der Waals surface area contributed by atoms with E-state index in [1.807, 2.05) is 0 Å². The molecule has 1 aliphatic heterocycles. The molecule has 1 heterocycles. The van der Waals surface area contributed by atoms with E-state index in [1.54, 1.807) is 6.07 Å². The molecule has 4 N–H and O–H groups in total. The van der Waals surface area contributed by atoms with Crippen LogP contribution in [0.3, 0.4) is 0 Å². The molecule has 0 spiro atoms. The van der Waals surface area contributed by atoms with Crippen molar-refractivity contribution in [3.63, 3.8) is 0 Å². The van der Waals surface area contributed by atoms with E-state index in [0.717, 1.165) is 12.1 Å². The molecule has 9 heteroatoms. The summed E-state index contributed by atoms with van der Waals surface area (Å²) in [7, 11) is 0. The highest BCUT2D eigenvalue weighted by molar-refractivity contribution is 5.85. The highest BCUT2D eigenvalue weighted by Crippen LogP contribution is 2.38. The molecule has 0 saturated carbocycles. The topological polar surface area (TPSA) is 84.6 Å². The number of rotatable bonds is 5. The van der Waals surface area contributed by atoms with Crippen LogP contribution in [0, 0.1) is 5.92 Å². The Morgan fingerprint density at radius 2 is 1.84 bits per heavy atom. The first-order valence-electron chi connectivity index (χ1n) is 7.71. The van der Waals surface area contributed by atoms with Gasteiger partial charge in [0.2, 0.25) is 11.5 Å². The minimum absolute atomic E-state index is 0. The van der Waals surface area contributed by atoms with E-state index in [0.29, 0.717) is 26.1 Å². The second-order valence-corrected chi connectivity index (χ2v) is 5.92. The lowest BCUT2D eigenvalue weighted by molar-refractivity contribution is -0.264. The number of hydrogen-bond acceptors (Lipinski definition) is 4. The lowest BCUT2D eigenvalue weighted by Crippen LogP contribution is -2.55. The second-order valence-electron chi connectivity index (χ2n) is 5.92. The third kappa shape index (κ3) is 5.07. The largest absolute Gasteiger partial charge is 0.423 e. The number of hydrogen-bond donors (Lipinski definition) is 3. The first-order chi connectivity index (χ1) is 11.3. The molecule has 25 heavy (non-hydrogen) atoms. The number of carbonyl (C=O) groups is 1. The summed E-state index contributed by atoms with van der Waals surface area (Å²) in [5, 5.41) is 12.3. The van der Waals surface area contributed by atoms with Crippen LogP contribution in [0.1, 0.15) is 18.4 Å². The summed E-state index contributed by atoms with van der Waals surface area (Å²) in [6.45, 7) is -0.0411. The average Bonchev–Trinajstić information content (AvgIpc) is 2.59. The van der Waals surface area contributed by atoms with Crippen molar-refractivity contribution in [2.75, 3.05) is 19.8 Å². The number of carbonyl (C=O) groups excluding carboxylic acids is 1. The zero-order valence-corrected chi connectivity index (χ0v) is 14.3. The Hall–Kier alpha value is -1.35. The molecule has 1 saturated heterocycles. The van der Waals surface area contributed by atoms with E-state index in [4.69, 9.17) is 10.5 Å². The smallest absolute Gasteiger partial charge is 0.381 e. The molecule has 0 aliphatic carbocycles. The van der Waals surface area contributed by atoms with Gasteiger partial charge in [-0.3, -0.25) is 4.79 Å². The zero-order chi connectivity index (χ0) is 17.8. The van der Waals surface area contributed by atoms with Gasteiger partial charge >= 0.3 is 6.18 Å². The number of halogens is 4. The van der Waals surface area contributed by atoms with Gasteiger partial charge in [0.15, 0.2) is 0 Å². The molecule has 5 nitrogen and oxygen atoms in total. The fraction of sp³-hybridized carbons (Fsp3) is 0.562. The molecule has 0 radical (unpaired) electrons. The van der Waals surface area contributed by atoms with Crippen LogP contribution in [0.15, 0.2) is 30.3 Å². The molecular weight excluding hydrogens is 361 g/mol. The minimum atomic E-state index is -4.94. The van der Waals surface area contributed by atoms with Crippen LogP contribution in [-0.2, 0) is 15.1 Å². The Balaban J connectivity index is 0.00000312. The molecule has 2 rings (SSSR count). The number of alkyl halides is 3. The van der Waals surface area contributed by atoms with E-state index in [9.17, 15) is 23.1 Å². The van der Waals surface area contributed by atoms with E-state index < -0.39 is 30.3 Å². The molecule has 2 unspecified atom stereocenters. The normalized spacial score (nSPS) is 19.4. The molecule has 142 valence electrons. The van der Waals surface area contributed by atoms with Gasteiger partial charge in [0.25, 0.3) is 0 Å². The van der Waals surface area contributed by atoms with Gasteiger partial charge in [-0.2, -0.15) is 13.2 Å². The Bertz CT molecular complexity index is 553. The minimum Gasteiger partial charge on any atom is -0.381 e. The summed E-state index contributed by atoms with van der Waals surface area (Å²) >= 11 is 0. The number of benzene rings is 1. The van der Waals surface area contributed by atoms with Crippen molar-refractivity contribution in [3.8, 4) is 0 Å². The molecule has 1 amide bonds. The molecule has 1 fully saturated rings. The molecule has 0 bridgehead atoms. The second kappa shape index (κ2) is 8.84. The molecule has 1 aromatic rings. The zero-order valence-electron chi connectivity index (χ0n) is 13.5. The van der Waals surface area contributed by atoms with E-state index in [-0.39, 0.29) is 23.9 Å². The molecule has 1 aliphatic rings. The SMILES string of the molecule is Cl.NC(C(=O)NCC(O)(c1ccccc1)C(F)(F)F)C1CCOCC1. The predicted octanol–water partition coefficient (Wildman–Crippen LogP) is 1.73. The fourth-order valence-corrected chi connectivity index (χ4v) is 2.70. The highest BCUT2D eigenvalue weighted by atomic mass is 35.5. The van der Waals surface area contributed by atoms with Gasteiger partial charge in [-0.15, -0.1) is 12.4 Å². The van der Waals surface area contributed by atoms with E-state index in [1.165, 1.54) is 12.1 Å². The predicted molar refractivity (Wildman–Crippen MR) is 88.2 cm³/mol. The number of aliphatic hydroxyl groups is 1. The summed E-state index contributed by atoms with van der Waals surface area (Å²) in [4.78, 5) is 12.1. The van der Waals surface area contributed by atoms with Crippen molar-refractivity contribution < 1.29 is 27.8 Å². The summed E-state index contributed by atoms with van der Waals surface area (Å²) in [5.74, 6) is -0.852. The van der Waals surface area contributed by atoms with Gasteiger partial charge in [-0.1, -0.05) is 30.3 Å². The van der Waals surface area contributed by atoms with Crippen LogP contribution >= 0.6 is 12.4 Å². The van der Waals surface area contributed by atoms with Gasteiger partial charge in [-0.25, -0.2) is 0 Å². The fourth-order valence-electron chi connectivity index (χ4n) is 2.70. The average molecular weight is 383 g/mol. The molecular formula is C16H22ClF3N2O3. The van der Waals surface area contributed by atoms with E-state index >= 15 is 0 Å². The maximum atomic E-state index is 13.3. The molecule has 0 aromatic heterocycles. The van der Waals surface area contributed by atoms with Crippen molar-refractivity contribution in [2.24, 2.45) is 11.7 Å². The Labute approximate surface area is 150 Å². The van der Waals surface area contributed by atoms with Crippen molar-refractivity contribution in [1.29, 1.82) is 0 Å². The van der Waals surface area contributed by atoms with Gasteiger partial charge in [0, 0.05) is 13.2 Å². The summed E-state index contributed by atoms with van der Waals surface area (Å²) in [6, 6.07) is 5.72. The van der Waals surface area contributed by atoms with Gasteiger partial charge in [0.05, 0.1) is 12.6 Å². The summed E-state index contributed by atoms with van der Waals surface area (Å²) in [5.41, 5.74) is 2.34. The maximum absolute atomic E-state index is 13.3. The molecule has 2 atom stereocenters. The monoisotopic (exact) mass is 382 g/mol. The maximum Gasteiger partial charge on any atom is 0.423 e. The number of ether oxygens (including phenoxy) is 1. The van der Waals surface area contributed by atoms with Crippen LogP contribution in [-0.4, -0.2) is 43.0 Å². The first kappa shape index (κ1) is 21.7. The Morgan fingerprint density at radius 1 is 1.28 bits per heavy atom. The van der Waals surface area contributed by atoms with Crippen LogP contribution in [0.4, 0.5) is 13.2 Å². The number of nitrogens with two attached hydrogens (primary N) is 1. The number of amides is 1. The van der Waals surface area contributed by atoms with Crippen molar-refractivity contribution in [1.82, 2.24) is 5.32 Å². The highest BCUT2D eigenvalue weighted by Gasteiger charge is 2.55. The van der Waals surface area contributed by atoms with Crippen LogP contribution < -0.4 is 11.1 Å². The van der Waals surface area contributed by atoms with Crippen molar-refractivity contribution in [2.45, 2.75) is 30.7 Å². The molecule has 1 aromatic carbocycles. The first-order valence-corrected chi connectivity index (χ1v) is 7.71. The van der Waals surface area contributed by atoms with Crippen molar-refractivity contribution in [3.05, 3.63) is 35.9 Å². The quantitative estimate of drug-likeness (QED) is 0.724. The Kier molecular flexibility index (Phi) is 7.67. The van der Waals surface area contributed by atoms with Crippen LogP contribution in [0.5, 0.6) is 0 Å². The standard InChI is InChI=1S/C16H21F3N2O3.ClH/c17-16(18,19)15(23,12-4-2-1-3-5-12)10-21-14(22)13(20)11-6-8-24-9-7-11;/h1-5,11,13,23H,6-10,20H2,(H,21,22);1H. The number of nitrogens with one attached hydrogen (secondary N) is 1. The van der Waals surface area contributed by atoms with Gasteiger partial charge in [0.1, 0.15) is 0 Å². The Morgan fingerprint density at radius 3 is 2.36 bits per heavy atom. The van der Waals surface area contributed by atoms with Gasteiger partial charge < -0.3 is 20.9 Å². The van der Waals surface area contributed by atoms with Crippen LogP contribution in [0.2, 0.25) is 0 Å². The van der Waals surface area contributed by atoms with Crippen LogP contribution in [0.25, 0.3) is 0 Å². The van der Waals surface area contributed by atoms with E-state index in [2.05, 4.69) is 5.32 Å². The summed E-state index contributed by atoms with van der Waals surface area (Å²) in [6.07, 6.45) is -3.78. The lowest BCUT2D eigenvalue weighted by Gasteiger charge is -2.32. The summed E-state index contributed by atoms with van der Waals surface area (Å²) < 4.78 is 45.2. The van der Waals surface area contributed by atoms with Crippen molar-refractivity contribution >= 4 is 18.3 Å². The van der Waals surface area contributed by atoms with Gasteiger partial charge in [-0.05, 0) is 24.3 Å².